The highest BCUT2D eigenvalue weighted by atomic mass is 16.3. The van der Waals surface area contributed by atoms with Crippen molar-refractivity contribution in [3.8, 4) is 17.0 Å². The first-order valence-corrected chi connectivity index (χ1v) is 8.93. The lowest BCUT2D eigenvalue weighted by Crippen LogP contribution is -1.89. The highest BCUT2D eigenvalue weighted by molar-refractivity contribution is 6.07. The molecule has 5 heteroatoms. The lowest BCUT2D eigenvalue weighted by Gasteiger charge is -2.05. The van der Waals surface area contributed by atoms with Gasteiger partial charge in [-0.3, -0.25) is 9.97 Å². The van der Waals surface area contributed by atoms with Crippen molar-refractivity contribution in [3.05, 3.63) is 73.1 Å². The van der Waals surface area contributed by atoms with Gasteiger partial charge in [0.05, 0.1) is 22.1 Å². The first kappa shape index (κ1) is 15.1. The van der Waals surface area contributed by atoms with Crippen molar-refractivity contribution < 1.29 is 9.52 Å². The Labute approximate surface area is 158 Å². The Hall–Kier alpha value is -3.99. The number of pyridine rings is 3. The molecule has 2 aromatic carbocycles. The Morgan fingerprint density at radius 1 is 0.750 bits per heavy atom. The van der Waals surface area contributed by atoms with Crippen LogP contribution in [0, 0.1) is 0 Å². The van der Waals surface area contributed by atoms with Crippen molar-refractivity contribution in [2.24, 2.45) is 0 Å². The predicted octanol–water partition coefficient (Wildman–Crippen LogP) is 5.45. The molecule has 132 valence electrons. The second kappa shape index (κ2) is 5.50. The summed E-state index contributed by atoms with van der Waals surface area (Å²) < 4.78 is 5.89. The quantitative estimate of drug-likeness (QED) is 0.393. The number of hydrogen-bond acceptors (Lipinski definition) is 5. The molecular formula is C23H13N3O2. The van der Waals surface area contributed by atoms with E-state index in [0.29, 0.717) is 22.1 Å². The minimum absolute atomic E-state index is 0.165. The number of phenolic OH excluding ortho intramolecular Hbond substituents is 1. The van der Waals surface area contributed by atoms with Crippen LogP contribution in [0.2, 0.25) is 0 Å². The largest absolute Gasteiger partial charge is 0.507 e. The minimum Gasteiger partial charge on any atom is -0.507 e. The third-order valence-corrected chi connectivity index (χ3v) is 5.04. The van der Waals surface area contributed by atoms with E-state index in [4.69, 9.17) is 9.40 Å². The van der Waals surface area contributed by atoms with Crippen molar-refractivity contribution in [2.45, 2.75) is 0 Å². The summed E-state index contributed by atoms with van der Waals surface area (Å²) >= 11 is 0. The van der Waals surface area contributed by atoms with Crippen LogP contribution in [0.1, 0.15) is 0 Å². The van der Waals surface area contributed by atoms with E-state index >= 15 is 0 Å². The van der Waals surface area contributed by atoms with E-state index < -0.39 is 0 Å². The zero-order chi connectivity index (χ0) is 18.7. The molecule has 0 fully saturated rings. The van der Waals surface area contributed by atoms with Crippen LogP contribution in [-0.2, 0) is 0 Å². The summed E-state index contributed by atoms with van der Waals surface area (Å²) in [5.41, 5.74) is 5.26. The molecule has 4 heterocycles. The van der Waals surface area contributed by atoms with Gasteiger partial charge in [-0.05, 0) is 30.3 Å². The number of fused-ring (bicyclic) bond motifs is 6. The second-order valence-electron chi connectivity index (χ2n) is 6.73. The van der Waals surface area contributed by atoms with Gasteiger partial charge in [0.2, 0.25) is 0 Å². The first-order valence-electron chi connectivity index (χ1n) is 8.93. The number of benzene rings is 2. The van der Waals surface area contributed by atoms with Crippen LogP contribution >= 0.6 is 0 Å². The molecule has 6 rings (SSSR count). The van der Waals surface area contributed by atoms with Gasteiger partial charge in [0.1, 0.15) is 16.8 Å². The van der Waals surface area contributed by atoms with E-state index in [-0.39, 0.29) is 5.75 Å². The number of hydrogen-bond donors (Lipinski definition) is 1. The van der Waals surface area contributed by atoms with E-state index in [1.54, 1.807) is 24.5 Å². The SMILES string of the molecule is Oc1cccc2oc3cc(-c4ccc5ccc6cccnc6c5n4)cnc3c12. The van der Waals surface area contributed by atoms with Gasteiger partial charge in [-0.25, -0.2) is 4.98 Å². The molecule has 0 bridgehead atoms. The summed E-state index contributed by atoms with van der Waals surface area (Å²) in [6, 6.07) is 19.2. The average molecular weight is 363 g/mol. The molecule has 1 N–H and O–H groups in total. The third-order valence-electron chi connectivity index (χ3n) is 5.04. The van der Waals surface area contributed by atoms with Gasteiger partial charge in [-0.15, -0.1) is 0 Å². The molecule has 28 heavy (non-hydrogen) atoms. The highest BCUT2D eigenvalue weighted by Crippen LogP contribution is 2.35. The Morgan fingerprint density at radius 3 is 2.54 bits per heavy atom. The molecule has 6 aromatic rings. The summed E-state index contributed by atoms with van der Waals surface area (Å²) in [4.78, 5) is 13.9. The van der Waals surface area contributed by atoms with Gasteiger partial charge in [-0.2, -0.15) is 0 Å². The molecule has 0 unspecified atom stereocenters. The Bertz CT molecular complexity index is 1540. The summed E-state index contributed by atoms with van der Waals surface area (Å²) in [5, 5.41) is 12.9. The Balaban J connectivity index is 1.60. The van der Waals surface area contributed by atoms with Crippen LogP contribution in [-0.4, -0.2) is 20.1 Å². The summed E-state index contributed by atoms with van der Waals surface area (Å²) in [7, 11) is 0. The van der Waals surface area contributed by atoms with Gasteiger partial charge < -0.3 is 9.52 Å². The smallest absolute Gasteiger partial charge is 0.154 e. The van der Waals surface area contributed by atoms with E-state index in [9.17, 15) is 5.11 Å². The molecule has 0 radical (unpaired) electrons. The highest BCUT2D eigenvalue weighted by Gasteiger charge is 2.14. The normalized spacial score (nSPS) is 11.7. The molecule has 0 aliphatic carbocycles. The number of aromatic nitrogens is 3. The predicted molar refractivity (Wildman–Crippen MR) is 109 cm³/mol. The number of nitrogens with zero attached hydrogens (tertiary/aromatic N) is 3. The maximum absolute atomic E-state index is 10.1. The lowest BCUT2D eigenvalue weighted by molar-refractivity contribution is 0.481. The molecule has 0 aliphatic rings. The average Bonchev–Trinajstić information content (AvgIpc) is 3.12. The minimum atomic E-state index is 0.165. The fraction of sp³-hybridized carbons (Fsp3) is 0. The van der Waals surface area contributed by atoms with Gasteiger partial charge in [0, 0.05) is 28.7 Å². The standard InChI is InChI=1S/C23H13N3O2/c27-17-4-1-5-18-20(17)23-19(28-18)11-15(12-25-23)16-9-8-14-7-6-13-3-2-10-24-21(13)22(14)26-16/h1-12,27H. The maximum Gasteiger partial charge on any atom is 0.154 e. The first-order chi connectivity index (χ1) is 13.8. The summed E-state index contributed by atoms with van der Waals surface area (Å²) in [6.07, 6.45) is 3.54. The molecule has 0 aliphatic heterocycles. The number of furan rings is 1. The van der Waals surface area contributed by atoms with Gasteiger partial charge >= 0.3 is 0 Å². The van der Waals surface area contributed by atoms with Crippen LogP contribution in [0.25, 0.3) is 55.1 Å². The van der Waals surface area contributed by atoms with E-state index in [1.165, 1.54) is 0 Å². The molecular weight excluding hydrogens is 350 g/mol. The lowest BCUT2D eigenvalue weighted by atomic mass is 10.1. The van der Waals surface area contributed by atoms with Gasteiger partial charge in [0.25, 0.3) is 0 Å². The van der Waals surface area contributed by atoms with Gasteiger partial charge in [-0.1, -0.05) is 30.3 Å². The fourth-order valence-electron chi connectivity index (χ4n) is 3.70. The van der Waals surface area contributed by atoms with E-state index in [2.05, 4.69) is 22.1 Å². The van der Waals surface area contributed by atoms with Crippen LogP contribution in [0.5, 0.6) is 5.75 Å². The Kier molecular flexibility index (Phi) is 2.97. The van der Waals surface area contributed by atoms with Crippen LogP contribution in [0.15, 0.2) is 77.5 Å². The monoisotopic (exact) mass is 363 g/mol. The maximum atomic E-state index is 10.1. The van der Waals surface area contributed by atoms with E-state index in [0.717, 1.165) is 33.1 Å². The molecule has 4 aromatic heterocycles. The summed E-state index contributed by atoms with van der Waals surface area (Å²) in [5.74, 6) is 0.165. The molecule has 0 saturated carbocycles. The number of aromatic hydroxyl groups is 1. The Morgan fingerprint density at radius 2 is 1.61 bits per heavy atom. The molecule has 5 nitrogen and oxygen atoms in total. The molecule has 0 spiro atoms. The third kappa shape index (κ3) is 2.10. The van der Waals surface area contributed by atoms with E-state index in [1.807, 2.05) is 36.4 Å². The van der Waals surface area contributed by atoms with Crippen LogP contribution in [0.3, 0.4) is 0 Å². The van der Waals surface area contributed by atoms with Crippen LogP contribution < -0.4 is 0 Å². The van der Waals surface area contributed by atoms with Crippen molar-refractivity contribution in [1.29, 1.82) is 0 Å². The van der Waals surface area contributed by atoms with Crippen molar-refractivity contribution >= 4 is 43.9 Å². The van der Waals surface area contributed by atoms with Crippen molar-refractivity contribution in [1.82, 2.24) is 15.0 Å². The number of phenols is 1. The number of rotatable bonds is 1. The second-order valence-corrected chi connectivity index (χ2v) is 6.73. The van der Waals surface area contributed by atoms with Gasteiger partial charge in [0.15, 0.2) is 5.58 Å². The van der Waals surface area contributed by atoms with Crippen molar-refractivity contribution in [3.63, 3.8) is 0 Å². The van der Waals surface area contributed by atoms with Crippen molar-refractivity contribution in [2.75, 3.05) is 0 Å². The summed E-state index contributed by atoms with van der Waals surface area (Å²) in [6.45, 7) is 0. The molecule has 0 atom stereocenters. The topological polar surface area (TPSA) is 72.0 Å². The zero-order valence-electron chi connectivity index (χ0n) is 14.6. The molecule has 0 amide bonds. The van der Waals surface area contributed by atoms with Crippen LogP contribution in [0.4, 0.5) is 0 Å². The fourth-order valence-corrected chi connectivity index (χ4v) is 3.70. The zero-order valence-corrected chi connectivity index (χ0v) is 14.6. The molecule has 0 saturated heterocycles.